The molecular formula is C5H8N8. The number of aromatic nitrogens is 7. The van der Waals surface area contributed by atoms with Gasteiger partial charge >= 0.3 is 0 Å². The molecule has 2 aromatic rings. The number of rotatable bonds is 3. The zero-order valence-corrected chi connectivity index (χ0v) is 6.75. The van der Waals surface area contributed by atoms with Crippen LogP contribution in [0.3, 0.4) is 0 Å². The van der Waals surface area contributed by atoms with Gasteiger partial charge in [0.2, 0.25) is 5.82 Å². The number of nitrogens with two attached hydrogens (primary N) is 1. The van der Waals surface area contributed by atoms with Crippen LogP contribution < -0.4 is 5.73 Å². The highest BCUT2D eigenvalue weighted by molar-refractivity contribution is 5.39. The lowest BCUT2D eigenvalue weighted by atomic mass is 10.5. The van der Waals surface area contributed by atoms with Crippen LogP contribution in [-0.4, -0.2) is 41.9 Å². The van der Waals surface area contributed by atoms with Gasteiger partial charge in [0.25, 0.3) is 0 Å². The standard InChI is InChI=1S/C5H8N8/c6-1-2-13-5(10-11-12-13)4-7-3-8-9-4/h3H,1-2,6H2,(H,7,8,9). The summed E-state index contributed by atoms with van der Waals surface area (Å²) >= 11 is 0. The lowest BCUT2D eigenvalue weighted by molar-refractivity contribution is 0.601. The Kier molecular flexibility index (Phi) is 1.96. The molecule has 0 spiro atoms. The van der Waals surface area contributed by atoms with Crippen molar-refractivity contribution in [2.24, 2.45) is 5.73 Å². The predicted molar refractivity (Wildman–Crippen MR) is 42.2 cm³/mol. The highest BCUT2D eigenvalue weighted by Gasteiger charge is 2.09. The molecule has 3 N–H and O–H groups in total. The van der Waals surface area contributed by atoms with Crippen LogP contribution in [0.5, 0.6) is 0 Å². The van der Waals surface area contributed by atoms with Crippen molar-refractivity contribution < 1.29 is 0 Å². The maximum Gasteiger partial charge on any atom is 0.219 e. The van der Waals surface area contributed by atoms with Crippen molar-refractivity contribution in [1.82, 2.24) is 35.4 Å². The van der Waals surface area contributed by atoms with Crippen LogP contribution in [0.15, 0.2) is 6.33 Å². The highest BCUT2D eigenvalue weighted by atomic mass is 15.5. The van der Waals surface area contributed by atoms with Crippen molar-refractivity contribution in [2.45, 2.75) is 6.54 Å². The third-order valence-corrected chi connectivity index (χ3v) is 1.50. The van der Waals surface area contributed by atoms with Crippen molar-refractivity contribution in [3.05, 3.63) is 6.33 Å². The van der Waals surface area contributed by atoms with Crippen LogP contribution in [0.2, 0.25) is 0 Å². The molecule has 0 aromatic carbocycles. The molecule has 2 heterocycles. The minimum atomic E-state index is 0.478. The van der Waals surface area contributed by atoms with Gasteiger partial charge in [-0.3, -0.25) is 5.10 Å². The van der Waals surface area contributed by atoms with E-state index in [0.717, 1.165) is 0 Å². The lowest BCUT2D eigenvalue weighted by Crippen LogP contribution is -2.12. The molecule has 0 unspecified atom stereocenters. The van der Waals surface area contributed by atoms with Gasteiger partial charge in [-0.25, -0.2) is 9.67 Å². The van der Waals surface area contributed by atoms with E-state index in [0.29, 0.717) is 24.7 Å². The van der Waals surface area contributed by atoms with Gasteiger partial charge < -0.3 is 5.73 Å². The number of H-pyrrole nitrogens is 1. The second-order valence-electron chi connectivity index (χ2n) is 2.35. The summed E-state index contributed by atoms with van der Waals surface area (Å²) in [5, 5.41) is 17.4. The van der Waals surface area contributed by atoms with Crippen molar-refractivity contribution in [1.29, 1.82) is 0 Å². The molecule has 2 aromatic heterocycles. The zero-order valence-electron chi connectivity index (χ0n) is 6.75. The molecule has 8 heteroatoms. The van der Waals surface area contributed by atoms with Crippen LogP contribution in [0.4, 0.5) is 0 Å². The average Bonchev–Trinajstić information content (AvgIpc) is 2.71. The Bertz CT molecular complexity index is 362. The molecule has 0 saturated heterocycles. The number of aromatic amines is 1. The molecule has 13 heavy (non-hydrogen) atoms. The predicted octanol–water partition coefficient (Wildman–Crippen LogP) is -1.58. The molecule has 8 nitrogen and oxygen atoms in total. The maximum absolute atomic E-state index is 5.38. The molecule has 0 aliphatic carbocycles. The number of nitrogens with one attached hydrogen (secondary N) is 1. The summed E-state index contributed by atoms with van der Waals surface area (Å²) in [5.74, 6) is 1.08. The van der Waals surface area contributed by atoms with E-state index in [-0.39, 0.29) is 0 Å². The van der Waals surface area contributed by atoms with Crippen LogP contribution in [-0.2, 0) is 6.54 Å². The number of hydrogen-bond acceptors (Lipinski definition) is 6. The fourth-order valence-corrected chi connectivity index (χ4v) is 0.960. The SMILES string of the molecule is NCCn1nnnc1-c1ncn[nH]1. The summed E-state index contributed by atoms with van der Waals surface area (Å²) in [4.78, 5) is 3.93. The average molecular weight is 180 g/mol. The number of nitrogens with zero attached hydrogens (tertiary/aromatic N) is 6. The van der Waals surface area contributed by atoms with E-state index < -0.39 is 0 Å². The first-order chi connectivity index (χ1) is 6.42. The fraction of sp³-hybridized carbons (Fsp3) is 0.400. The van der Waals surface area contributed by atoms with Gasteiger partial charge in [-0.1, -0.05) is 0 Å². The topological polar surface area (TPSA) is 111 Å². The van der Waals surface area contributed by atoms with Gasteiger partial charge in [0.15, 0.2) is 5.82 Å². The molecule has 0 saturated carbocycles. The van der Waals surface area contributed by atoms with Gasteiger partial charge in [0.05, 0.1) is 6.54 Å². The van der Waals surface area contributed by atoms with E-state index in [9.17, 15) is 0 Å². The Morgan fingerprint density at radius 3 is 3.15 bits per heavy atom. The Labute approximate surface area is 73.2 Å². The molecule has 0 aliphatic heterocycles. The normalized spacial score (nSPS) is 10.5. The summed E-state index contributed by atoms with van der Waals surface area (Å²) < 4.78 is 1.57. The summed E-state index contributed by atoms with van der Waals surface area (Å²) in [6, 6.07) is 0. The lowest BCUT2D eigenvalue weighted by Gasteiger charge is -1.97. The second kappa shape index (κ2) is 3.27. The van der Waals surface area contributed by atoms with Gasteiger partial charge in [-0.05, 0) is 10.4 Å². The van der Waals surface area contributed by atoms with Crippen molar-refractivity contribution >= 4 is 0 Å². The summed E-state index contributed by atoms with van der Waals surface area (Å²) in [7, 11) is 0. The molecule has 0 amide bonds. The summed E-state index contributed by atoms with van der Waals surface area (Å²) in [5.41, 5.74) is 5.38. The van der Waals surface area contributed by atoms with Crippen LogP contribution in [0.25, 0.3) is 11.6 Å². The zero-order chi connectivity index (χ0) is 9.10. The molecular weight excluding hydrogens is 172 g/mol. The smallest absolute Gasteiger partial charge is 0.219 e. The van der Waals surface area contributed by atoms with E-state index in [1.807, 2.05) is 0 Å². The summed E-state index contributed by atoms with van der Waals surface area (Å²) in [6.45, 7) is 1.04. The highest BCUT2D eigenvalue weighted by Crippen LogP contribution is 2.06. The molecule has 2 rings (SSSR count). The largest absolute Gasteiger partial charge is 0.329 e. The number of tetrazole rings is 1. The Hall–Kier alpha value is -1.83. The molecule has 0 aliphatic rings. The first-order valence-corrected chi connectivity index (χ1v) is 3.74. The Balaban J connectivity index is 2.35. The van der Waals surface area contributed by atoms with Crippen molar-refractivity contribution in [2.75, 3.05) is 6.54 Å². The maximum atomic E-state index is 5.38. The molecule has 68 valence electrons. The fourth-order valence-electron chi connectivity index (χ4n) is 0.960. The quantitative estimate of drug-likeness (QED) is 0.589. The second-order valence-corrected chi connectivity index (χ2v) is 2.35. The monoisotopic (exact) mass is 180 g/mol. The van der Waals surface area contributed by atoms with Crippen LogP contribution in [0, 0.1) is 0 Å². The van der Waals surface area contributed by atoms with Crippen LogP contribution in [0.1, 0.15) is 0 Å². The first-order valence-electron chi connectivity index (χ1n) is 3.74. The molecule has 0 atom stereocenters. The number of hydrogen-bond donors (Lipinski definition) is 2. The van der Waals surface area contributed by atoms with Crippen molar-refractivity contribution in [3.63, 3.8) is 0 Å². The molecule has 0 fully saturated rings. The third kappa shape index (κ3) is 1.38. The minimum absolute atomic E-state index is 0.478. The van der Waals surface area contributed by atoms with E-state index >= 15 is 0 Å². The van der Waals surface area contributed by atoms with Gasteiger partial charge in [-0.15, -0.1) is 5.10 Å². The third-order valence-electron chi connectivity index (χ3n) is 1.50. The van der Waals surface area contributed by atoms with Gasteiger partial charge in [-0.2, -0.15) is 5.10 Å². The van der Waals surface area contributed by atoms with E-state index in [2.05, 4.69) is 30.7 Å². The first kappa shape index (κ1) is 7.80. The summed E-state index contributed by atoms with van der Waals surface area (Å²) in [6.07, 6.45) is 1.40. The van der Waals surface area contributed by atoms with E-state index in [1.54, 1.807) is 4.68 Å². The van der Waals surface area contributed by atoms with Crippen molar-refractivity contribution in [3.8, 4) is 11.6 Å². The minimum Gasteiger partial charge on any atom is -0.329 e. The van der Waals surface area contributed by atoms with Gasteiger partial charge in [0.1, 0.15) is 6.33 Å². The molecule has 0 bridgehead atoms. The van der Waals surface area contributed by atoms with E-state index in [1.165, 1.54) is 6.33 Å². The Morgan fingerprint density at radius 2 is 2.46 bits per heavy atom. The molecule has 0 radical (unpaired) electrons. The van der Waals surface area contributed by atoms with Crippen LogP contribution >= 0.6 is 0 Å². The Morgan fingerprint density at radius 1 is 1.54 bits per heavy atom. The van der Waals surface area contributed by atoms with E-state index in [4.69, 9.17) is 5.73 Å². The van der Waals surface area contributed by atoms with Gasteiger partial charge in [0, 0.05) is 6.54 Å².